The molecule has 1 heterocycles. The van der Waals surface area contributed by atoms with Crippen molar-refractivity contribution >= 4 is 15.7 Å². The molecule has 0 radical (unpaired) electrons. The maximum Gasteiger partial charge on any atom is 0.264 e. The SMILES string of the molecule is CC1Cc2ccccc2N(S(=O)(=O)c2cccc(O)c2)C1. The monoisotopic (exact) mass is 303 g/mol. The minimum Gasteiger partial charge on any atom is -0.508 e. The van der Waals surface area contributed by atoms with Crippen molar-refractivity contribution in [2.45, 2.75) is 18.2 Å². The molecule has 0 aromatic heterocycles. The molecule has 1 unspecified atom stereocenters. The maximum absolute atomic E-state index is 12.9. The highest BCUT2D eigenvalue weighted by molar-refractivity contribution is 7.92. The molecule has 1 aliphatic heterocycles. The van der Waals surface area contributed by atoms with E-state index in [2.05, 4.69) is 0 Å². The molecular weight excluding hydrogens is 286 g/mol. The molecule has 5 heteroatoms. The van der Waals surface area contributed by atoms with Crippen molar-refractivity contribution in [3.05, 3.63) is 54.1 Å². The van der Waals surface area contributed by atoms with E-state index in [1.165, 1.54) is 22.5 Å². The highest BCUT2D eigenvalue weighted by atomic mass is 32.2. The Morgan fingerprint density at radius 3 is 2.67 bits per heavy atom. The van der Waals surface area contributed by atoms with Crippen LogP contribution in [0.25, 0.3) is 0 Å². The first-order valence-corrected chi connectivity index (χ1v) is 8.32. The summed E-state index contributed by atoms with van der Waals surface area (Å²) in [6.45, 7) is 2.50. The van der Waals surface area contributed by atoms with Crippen LogP contribution >= 0.6 is 0 Å². The minimum atomic E-state index is -3.66. The van der Waals surface area contributed by atoms with Crippen molar-refractivity contribution < 1.29 is 13.5 Å². The van der Waals surface area contributed by atoms with Crippen LogP contribution < -0.4 is 4.31 Å². The zero-order valence-electron chi connectivity index (χ0n) is 11.7. The van der Waals surface area contributed by atoms with Gasteiger partial charge >= 0.3 is 0 Å². The highest BCUT2D eigenvalue weighted by Crippen LogP contribution is 2.34. The highest BCUT2D eigenvalue weighted by Gasteiger charge is 2.31. The molecule has 2 aromatic carbocycles. The average molecular weight is 303 g/mol. The number of hydrogen-bond acceptors (Lipinski definition) is 3. The molecule has 0 amide bonds. The number of para-hydroxylation sites is 1. The third-order valence-corrected chi connectivity index (χ3v) is 5.49. The van der Waals surface area contributed by atoms with Gasteiger partial charge in [-0.15, -0.1) is 0 Å². The van der Waals surface area contributed by atoms with E-state index in [-0.39, 0.29) is 16.6 Å². The van der Waals surface area contributed by atoms with E-state index in [4.69, 9.17) is 0 Å². The third-order valence-electron chi connectivity index (χ3n) is 3.71. The van der Waals surface area contributed by atoms with Crippen LogP contribution in [0.4, 0.5) is 5.69 Å². The van der Waals surface area contributed by atoms with Crippen LogP contribution in [0, 0.1) is 5.92 Å². The molecule has 0 bridgehead atoms. The number of nitrogens with zero attached hydrogens (tertiary/aromatic N) is 1. The molecule has 0 aliphatic carbocycles. The zero-order valence-corrected chi connectivity index (χ0v) is 12.5. The molecule has 3 rings (SSSR count). The molecule has 2 aromatic rings. The van der Waals surface area contributed by atoms with Gasteiger partial charge in [-0.1, -0.05) is 31.2 Å². The van der Waals surface area contributed by atoms with Gasteiger partial charge in [0, 0.05) is 12.6 Å². The first kappa shape index (κ1) is 13.9. The van der Waals surface area contributed by atoms with Gasteiger partial charge in [0.1, 0.15) is 5.75 Å². The van der Waals surface area contributed by atoms with E-state index in [9.17, 15) is 13.5 Å². The number of phenols is 1. The number of anilines is 1. The quantitative estimate of drug-likeness (QED) is 0.928. The summed E-state index contributed by atoms with van der Waals surface area (Å²) in [5.74, 6) is 0.210. The molecule has 4 nitrogen and oxygen atoms in total. The molecule has 0 spiro atoms. The van der Waals surface area contributed by atoms with Gasteiger partial charge in [0.05, 0.1) is 10.6 Å². The number of benzene rings is 2. The summed E-state index contributed by atoms with van der Waals surface area (Å²) in [6.07, 6.45) is 0.877. The Balaban J connectivity index is 2.11. The first-order chi connectivity index (χ1) is 9.98. The summed E-state index contributed by atoms with van der Waals surface area (Å²) in [5, 5.41) is 9.54. The fourth-order valence-corrected chi connectivity index (χ4v) is 4.41. The Bertz CT molecular complexity index is 771. The van der Waals surface area contributed by atoms with Gasteiger partial charge in [0.2, 0.25) is 0 Å². The smallest absolute Gasteiger partial charge is 0.264 e. The van der Waals surface area contributed by atoms with Gasteiger partial charge in [-0.3, -0.25) is 4.31 Å². The van der Waals surface area contributed by atoms with Crippen LogP contribution in [-0.4, -0.2) is 20.1 Å². The second-order valence-electron chi connectivity index (χ2n) is 5.47. The fraction of sp³-hybridized carbons (Fsp3) is 0.250. The fourth-order valence-electron chi connectivity index (χ4n) is 2.75. The van der Waals surface area contributed by atoms with E-state index in [1.54, 1.807) is 6.07 Å². The predicted molar refractivity (Wildman–Crippen MR) is 81.9 cm³/mol. The Hall–Kier alpha value is -2.01. The lowest BCUT2D eigenvalue weighted by Gasteiger charge is -2.33. The van der Waals surface area contributed by atoms with E-state index in [1.807, 2.05) is 31.2 Å². The van der Waals surface area contributed by atoms with Crippen LogP contribution in [0.15, 0.2) is 53.4 Å². The van der Waals surface area contributed by atoms with Gasteiger partial charge in [-0.2, -0.15) is 0 Å². The van der Waals surface area contributed by atoms with Gasteiger partial charge < -0.3 is 5.11 Å². The van der Waals surface area contributed by atoms with Gasteiger partial charge in [0.15, 0.2) is 0 Å². The van der Waals surface area contributed by atoms with Crippen molar-refractivity contribution in [1.82, 2.24) is 0 Å². The number of aromatic hydroxyl groups is 1. The first-order valence-electron chi connectivity index (χ1n) is 6.88. The van der Waals surface area contributed by atoms with E-state index in [0.29, 0.717) is 6.54 Å². The van der Waals surface area contributed by atoms with Crippen LogP contribution in [-0.2, 0) is 16.4 Å². The number of phenolic OH excluding ortho intramolecular Hbond substituents is 1. The second-order valence-corrected chi connectivity index (χ2v) is 7.33. The predicted octanol–water partition coefficient (Wildman–Crippen LogP) is 2.78. The Kier molecular flexibility index (Phi) is 3.37. The standard InChI is InChI=1S/C16H17NO3S/c1-12-9-13-5-2-3-8-16(13)17(11-12)21(19,20)15-7-4-6-14(18)10-15/h2-8,10,12,18H,9,11H2,1H3. The van der Waals surface area contributed by atoms with E-state index in [0.717, 1.165) is 17.7 Å². The average Bonchev–Trinajstić information content (AvgIpc) is 2.46. The van der Waals surface area contributed by atoms with Crippen molar-refractivity contribution in [2.24, 2.45) is 5.92 Å². The molecule has 1 atom stereocenters. The molecule has 1 N–H and O–H groups in total. The minimum absolute atomic E-state index is 0.0468. The van der Waals surface area contributed by atoms with Crippen LogP contribution in [0.2, 0.25) is 0 Å². The summed E-state index contributed by atoms with van der Waals surface area (Å²) < 4.78 is 27.2. The summed E-state index contributed by atoms with van der Waals surface area (Å²) >= 11 is 0. The summed E-state index contributed by atoms with van der Waals surface area (Å²) in [7, 11) is -3.66. The third kappa shape index (κ3) is 2.49. The topological polar surface area (TPSA) is 57.6 Å². The Morgan fingerprint density at radius 2 is 1.90 bits per heavy atom. The van der Waals surface area contributed by atoms with Crippen molar-refractivity contribution in [3.63, 3.8) is 0 Å². The van der Waals surface area contributed by atoms with E-state index < -0.39 is 10.0 Å². The van der Waals surface area contributed by atoms with Gasteiger partial charge in [0.25, 0.3) is 10.0 Å². The van der Waals surface area contributed by atoms with Crippen LogP contribution in [0.1, 0.15) is 12.5 Å². The van der Waals surface area contributed by atoms with E-state index >= 15 is 0 Å². The molecule has 1 aliphatic rings. The maximum atomic E-state index is 12.9. The van der Waals surface area contributed by atoms with Gasteiger partial charge in [-0.05, 0) is 36.1 Å². The molecule has 110 valence electrons. The normalized spacial score (nSPS) is 18.3. The Labute approximate surface area is 124 Å². The zero-order chi connectivity index (χ0) is 15.0. The number of fused-ring (bicyclic) bond motifs is 1. The lowest BCUT2D eigenvalue weighted by atomic mass is 9.96. The number of hydrogen-bond donors (Lipinski definition) is 1. The van der Waals surface area contributed by atoms with Crippen molar-refractivity contribution in [1.29, 1.82) is 0 Å². The van der Waals surface area contributed by atoms with Crippen molar-refractivity contribution in [2.75, 3.05) is 10.8 Å². The van der Waals surface area contributed by atoms with Gasteiger partial charge in [-0.25, -0.2) is 8.42 Å². The molecule has 0 saturated carbocycles. The Morgan fingerprint density at radius 1 is 1.14 bits per heavy atom. The lowest BCUT2D eigenvalue weighted by Crippen LogP contribution is -2.39. The molecule has 0 fully saturated rings. The second kappa shape index (κ2) is 5.07. The van der Waals surface area contributed by atoms with Crippen LogP contribution in [0.3, 0.4) is 0 Å². The summed E-state index contributed by atoms with van der Waals surface area (Å²) in [4.78, 5) is 0.117. The largest absolute Gasteiger partial charge is 0.508 e. The molecule has 0 saturated heterocycles. The summed E-state index contributed by atoms with van der Waals surface area (Å²) in [5.41, 5.74) is 1.78. The number of sulfonamides is 1. The van der Waals surface area contributed by atoms with Crippen LogP contribution in [0.5, 0.6) is 5.75 Å². The number of rotatable bonds is 2. The molecular formula is C16H17NO3S. The summed E-state index contributed by atoms with van der Waals surface area (Å²) in [6, 6.07) is 13.4. The van der Waals surface area contributed by atoms with Crippen molar-refractivity contribution in [3.8, 4) is 5.75 Å². The lowest BCUT2D eigenvalue weighted by molar-refractivity contribution is 0.473. The molecule has 21 heavy (non-hydrogen) atoms.